The lowest BCUT2D eigenvalue weighted by molar-refractivity contribution is 0.0693. The largest absolute Gasteiger partial charge is 0.537 e. The van der Waals surface area contributed by atoms with Crippen LogP contribution in [0, 0.1) is 6.92 Å². The van der Waals surface area contributed by atoms with E-state index in [2.05, 4.69) is 4.98 Å². The van der Waals surface area contributed by atoms with Gasteiger partial charge < -0.3 is 20.5 Å². The lowest BCUT2D eigenvalue weighted by atomic mass is 9.77. The molecule has 6 nitrogen and oxygen atoms in total. The van der Waals surface area contributed by atoms with Crippen LogP contribution in [0.5, 0.6) is 5.75 Å². The highest BCUT2D eigenvalue weighted by atomic mass is 32.2. The van der Waals surface area contributed by atoms with Crippen molar-refractivity contribution in [3.05, 3.63) is 35.0 Å². The van der Waals surface area contributed by atoms with Crippen molar-refractivity contribution >= 4 is 41.3 Å². The third kappa shape index (κ3) is 2.79. The van der Waals surface area contributed by atoms with Crippen LogP contribution in [0.25, 0.3) is 0 Å². The first kappa shape index (κ1) is 15.2. The molecule has 114 valence electrons. The van der Waals surface area contributed by atoms with Gasteiger partial charge in [0.05, 0.1) is 15.6 Å². The molecule has 0 saturated carbocycles. The summed E-state index contributed by atoms with van der Waals surface area (Å²) in [6.45, 7) is 1.71. The minimum absolute atomic E-state index is 0.113. The Hall–Kier alpha value is -1.71. The number of hydrogen-bond donors (Lipinski definition) is 3. The molecule has 0 fully saturated rings. The summed E-state index contributed by atoms with van der Waals surface area (Å²) < 4.78 is 6.39. The van der Waals surface area contributed by atoms with E-state index in [0.29, 0.717) is 17.1 Å². The quantitative estimate of drug-likeness (QED) is 0.735. The van der Waals surface area contributed by atoms with Crippen molar-refractivity contribution in [1.29, 1.82) is 0 Å². The minimum Gasteiger partial charge on any atom is -0.535 e. The molecular weight excluding hydrogens is 323 g/mol. The summed E-state index contributed by atoms with van der Waals surface area (Å²) in [6, 6.07) is 3.60. The van der Waals surface area contributed by atoms with Gasteiger partial charge in [0.1, 0.15) is 11.3 Å². The van der Waals surface area contributed by atoms with Gasteiger partial charge in [-0.05, 0) is 24.5 Å². The molecule has 0 amide bonds. The summed E-state index contributed by atoms with van der Waals surface area (Å²) in [7, 11) is -1.08. The van der Waals surface area contributed by atoms with E-state index in [4.69, 9.17) is 10.4 Å². The molecule has 0 spiro atoms. The molecule has 1 aromatic heterocycles. The average molecular weight is 336 g/mol. The number of benzene rings is 1. The minimum atomic E-state index is -1.08. The van der Waals surface area contributed by atoms with E-state index in [0.717, 1.165) is 9.77 Å². The maximum atomic E-state index is 11.4. The van der Waals surface area contributed by atoms with Gasteiger partial charge in [-0.25, -0.2) is 9.78 Å². The third-order valence-electron chi connectivity index (χ3n) is 3.41. The summed E-state index contributed by atoms with van der Waals surface area (Å²) in [5, 5.41) is 19.8. The molecule has 2 aromatic rings. The molecule has 0 aliphatic carbocycles. The first-order chi connectivity index (χ1) is 10.5. The number of hydrogen-bond acceptors (Lipinski definition) is 7. The van der Waals surface area contributed by atoms with E-state index in [1.54, 1.807) is 19.2 Å². The molecule has 4 N–H and O–H groups in total. The maximum Gasteiger partial charge on any atom is 0.537 e. The van der Waals surface area contributed by atoms with Crippen LogP contribution in [0.1, 0.15) is 21.5 Å². The Morgan fingerprint density at radius 2 is 2.36 bits per heavy atom. The van der Waals surface area contributed by atoms with Gasteiger partial charge in [-0.15, -0.1) is 11.8 Å². The van der Waals surface area contributed by atoms with Gasteiger partial charge in [-0.3, -0.25) is 0 Å². The average Bonchev–Trinajstić information content (AvgIpc) is 2.85. The molecule has 1 aliphatic heterocycles. The van der Waals surface area contributed by atoms with Crippen molar-refractivity contribution in [1.82, 2.24) is 4.98 Å². The van der Waals surface area contributed by atoms with E-state index >= 15 is 0 Å². The van der Waals surface area contributed by atoms with E-state index < -0.39 is 13.1 Å². The molecule has 22 heavy (non-hydrogen) atoms. The lowest BCUT2D eigenvalue weighted by Gasteiger charge is -2.28. The van der Waals surface area contributed by atoms with Crippen molar-refractivity contribution in [2.75, 3.05) is 5.73 Å². The fraction of sp³-hybridized carbons (Fsp3) is 0.231. The number of thiazole rings is 1. The van der Waals surface area contributed by atoms with Crippen molar-refractivity contribution in [3.8, 4) is 5.75 Å². The van der Waals surface area contributed by atoms with E-state index in [1.807, 2.05) is 6.07 Å². The Kier molecular flexibility index (Phi) is 4.03. The van der Waals surface area contributed by atoms with Gasteiger partial charge >= 0.3 is 13.1 Å². The predicted molar refractivity (Wildman–Crippen MR) is 86.6 cm³/mol. The number of aryl methyl sites for hydroxylation is 1. The second kappa shape index (κ2) is 5.83. The van der Waals surface area contributed by atoms with Crippen molar-refractivity contribution < 1.29 is 19.6 Å². The summed E-state index contributed by atoms with van der Waals surface area (Å²) in [4.78, 5) is 15.4. The van der Waals surface area contributed by atoms with E-state index in [1.165, 1.54) is 23.1 Å². The van der Waals surface area contributed by atoms with Gasteiger partial charge in [0.25, 0.3) is 0 Å². The molecule has 3 rings (SSSR count). The van der Waals surface area contributed by atoms with E-state index in [9.17, 15) is 14.9 Å². The highest BCUT2D eigenvalue weighted by molar-refractivity contribution is 8.03. The third-order valence-corrected chi connectivity index (χ3v) is 5.61. The second-order valence-electron chi connectivity index (χ2n) is 4.94. The van der Waals surface area contributed by atoms with Crippen LogP contribution in [-0.2, 0) is 6.42 Å². The molecule has 1 atom stereocenters. The van der Waals surface area contributed by atoms with Gasteiger partial charge in [0.15, 0.2) is 5.13 Å². The molecule has 2 heterocycles. The Labute approximate surface area is 135 Å². The van der Waals surface area contributed by atoms with Gasteiger partial charge in [-0.2, -0.15) is 0 Å². The fourth-order valence-corrected chi connectivity index (χ4v) is 4.46. The molecule has 1 aromatic carbocycles. The number of aromatic nitrogens is 1. The summed E-state index contributed by atoms with van der Waals surface area (Å²) in [5.74, 6) is -0.788. The Morgan fingerprint density at radius 1 is 1.59 bits per heavy atom. The second-order valence-corrected chi connectivity index (χ2v) is 7.54. The van der Waals surface area contributed by atoms with Crippen LogP contribution in [-0.4, -0.2) is 33.4 Å². The first-order valence-corrected chi connectivity index (χ1v) is 8.23. The highest BCUT2D eigenvalue weighted by Gasteiger charge is 2.38. The smallest absolute Gasteiger partial charge is 0.535 e. The number of anilines is 1. The zero-order valence-electron chi connectivity index (χ0n) is 11.6. The van der Waals surface area contributed by atoms with Crippen LogP contribution in [0.3, 0.4) is 0 Å². The SMILES string of the molecule is Cc1ccc2c(c1C(=O)O)OB(O)[C@@H](Sc1cnc(N)s1)C2. The summed E-state index contributed by atoms with van der Waals surface area (Å²) >= 11 is 2.77. The van der Waals surface area contributed by atoms with Crippen molar-refractivity contribution in [2.24, 2.45) is 0 Å². The van der Waals surface area contributed by atoms with Crippen LogP contribution >= 0.6 is 23.1 Å². The number of rotatable bonds is 3. The molecule has 0 saturated heterocycles. The van der Waals surface area contributed by atoms with Crippen LogP contribution in [0.4, 0.5) is 5.13 Å². The van der Waals surface area contributed by atoms with Crippen molar-refractivity contribution in [3.63, 3.8) is 0 Å². The number of carboxylic acid groups (broad SMARTS) is 1. The van der Waals surface area contributed by atoms with Gasteiger partial charge in [-0.1, -0.05) is 23.5 Å². The van der Waals surface area contributed by atoms with Gasteiger partial charge in [0.2, 0.25) is 0 Å². The Morgan fingerprint density at radius 3 is 3.00 bits per heavy atom. The number of nitrogens with two attached hydrogens (primary N) is 1. The van der Waals surface area contributed by atoms with Crippen LogP contribution in [0.2, 0.25) is 0 Å². The number of carboxylic acids is 1. The molecule has 9 heteroatoms. The monoisotopic (exact) mass is 336 g/mol. The number of nitrogen functional groups attached to an aromatic ring is 1. The normalized spacial score (nSPS) is 17.0. The molecule has 0 radical (unpaired) electrons. The molecule has 0 unspecified atom stereocenters. The summed E-state index contributed by atoms with van der Waals surface area (Å²) in [6.07, 6.45) is 2.17. The predicted octanol–water partition coefficient (Wildman–Crippen LogP) is 1.85. The number of aromatic carboxylic acids is 1. The number of fused-ring (bicyclic) bond motifs is 1. The zero-order valence-corrected chi connectivity index (χ0v) is 13.3. The fourth-order valence-electron chi connectivity index (χ4n) is 2.38. The number of thioether (sulfide) groups is 1. The number of carbonyl (C=O) groups is 1. The van der Waals surface area contributed by atoms with Crippen LogP contribution < -0.4 is 10.4 Å². The lowest BCUT2D eigenvalue weighted by Crippen LogP contribution is -2.40. The van der Waals surface area contributed by atoms with Gasteiger partial charge in [0, 0.05) is 0 Å². The standard InChI is InChI=1S/C13H13BN2O4S2/c1-6-2-3-7-4-8(21-9-5-16-13(15)22-9)14(19)20-11(7)10(6)12(17)18/h2-3,5,8,19H,4H2,1H3,(H2,15,16)(H,17,18)/t8-/m0/s1. The summed E-state index contributed by atoms with van der Waals surface area (Å²) in [5.41, 5.74) is 7.10. The number of nitrogens with zero attached hydrogens (tertiary/aromatic N) is 1. The molecule has 0 bridgehead atoms. The highest BCUT2D eigenvalue weighted by Crippen LogP contribution is 2.39. The zero-order chi connectivity index (χ0) is 15.9. The maximum absolute atomic E-state index is 11.4. The first-order valence-electron chi connectivity index (χ1n) is 6.54. The molecular formula is C13H13BN2O4S2. The topological polar surface area (TPSA) is 106 Å². The Balaban J connectivity index is 1.89. The molecule has 1 aliphatic rings. The Bertz CT molecular complexity index is 737. The van der Waals surface area contributed by atoms with E-state index in [-0.39, 0.29) is 16.5 Å². The van der Waals surface area contributed by atoms with Crippen LogP contribution in [0.15, 0.2) is 22.5 Å². The van der Waals surface area contributed by atoms with Crippen molar-refractivity contribution in [2.45, 2.75) is 22.7 Å².